The lowest BCUT2D eigenvalue weighted by molar-refractivity contribution is -0.134. The van der Waals surface area contributed by atoms with Gasteiger partial charge >= 0.3 is 6.18 Å². The summed E-state index contributed by atoms with van der Waals surface area (Å²) in [6.45, 7) is 2.56. The summed E-state index contributed by atoms with van der Waals surface area (Å²) in [5, 5.41) is 6.94. The lowest BCUT2D eigenvalue weighted by atomic mass is 9.89. The molecule has 0 bridgehead atoms. The van der Waals surface area contributed by atoms with Crippen LogP contribution in [-0.4, -0.2) is 60.4 Å². The van der Waals surface area contributed by atoms with Crippen molar-refractivity contribution in [2.24, 2.45) is 5.92 Å². The van der Waals surface area contributed by atoms with Crippen LogP contribution >= 0.6 is 11.6 Å². The molecule has 2 heterocycles. The van der Waals surface area contributed by atoms with Gasteiger partial charge in [0.2, 0.25) is 0 Å². The molecule has 1 fully saturated rings. The minimum atomic E-state index is -4.30. The monoisotopic (exact) mass is 550 g/mol. The van der Waals surface area contributed by atoms with Gasteiger partial charge < -0.3 is 10.1 Å². The Morgan fingerprint density at radius 1 is 1.28 bits per heavy atom. The average molecular weight is 551 g/mol. The molecule has 0 saturated heterocycles. The molecule has 13 heteroatoms. The maximum atomic E-state index is 12.9. The SMILES string of the molecule is CCn1nc(C(=O)NCC2CCC(S(C)(=O)=O)CC2)c(Cl)c1-c1cnc(CCC(F)(F)F)cc1OC. The van der Waals surface area contributed by atoms with E-state index in [2.05, 4.69) is 15.4 Å². The molecule has 2 aromatic heterocycles. The number of nitrogens with zero attached hydrogens (tertiary/aromatic N) is 3. The molecule has 0 aliphatic heterocycles. The Bertz CT molecular complexity index is 1190. The van der Waals surface area contributed by atoms with Crippen LogP contribution in [0.5, 0.6) is 5.75 Å². The van der Waals surface area contributed by atoms with Crippen molar-refractivity contribution in [1.82, 2.24) is 20.1 Å². The standard InChI is InChI=1S/C23H30ClF3N4O4S/c1-4-31-21(17-13-28-15(11-18(17)35-2)9-10-23(25,26)27)19(24)20(30-31)22(32)29-12-14-5-7-16(8-6-14)36(3,33)34/h11,13-14,16H,4-10,12H2,1-3H3,(H,29,32). The minimum absolute atomic E-state index is 0.0153. The van der Waals surface area contributed by atoms with Crippen molar-refractivity contribution in [2.75, 3.05) is 19.9 Å². The number of sulfone groups is 1. The van der Waals surface area contributed by atoms with E-state index in [4.69, 9.17) is 16.3 Å². The second kappa shape index (κ2) is 11.4. The molecule has 2 aromatic rings. The second-order valence-corrected chi connectivity index (χ2v) is 11.7. The maximum absolute atomic E-state index is 12.9. The van der Waals surface area contributed by atoms with Gasteiger partial charge in [-0.25, -0.2) is 8.42 Å². The fourth-order valence-electron chi connectivity index (χ4n) is 4.39. The number of hydrogen-bond acceptors (Lipinski definition) is 6. The number of halogens is 4. The third-order valence-corrected chi connectivity index (χ3v) is 8.46. The normalized spacial score (nSPS) is 18.8. The summed E-state index contributed by atoms with van der Waals surface area (Å²) in [5.41, 5.74) is 1.02. The van der Waals surface area contributed by atoms with Gasteiger partial charge in [-0.05, 0) is 44.9 Å². The van der Waals surface area contributed by atoms with Gasteiger partial charge in [0, 0.05) is 43.7 Å². The van der Waals surface area contributed by atoms with E-state index in [1.807, 2.05) is 6.92 Å². The third-order valence-electron chi connectivity index (χ3n) is 6.42. The molecule has 1 aliphatic carbocycles. The van der Waals surface area contributed by atoms with Gasteiger partial charge in [0.15, 0.2) is 5.69 Å². The van der Waals surface area contributed by atoms with Crippen LogP contribution < -0.4 is 10.1 Å². The molecule has 0 atom stereocenters. The van der Waals surface area contributed by atoms with Crippen LogP contribution in [0.15, 0.2) is 12.3 Å². The number of methoxy groups -OCH3 is 1. The number of pyridine rings is 1. The number of ether oxygens (including phenoxy) is 1. The van der Waals surface area contributed by atoms with Gasteiger partial charge in [-0.2, -0.15) is 18.3 Å². The smallest absolute Gasteiger partial charge is 0.389 e. The van der Waals surface area contributed by atoms with Gasteiger partial charge in [0.25, 0.3) is 5.91 Å². The molecule has 1 saturated carbocycles. The highest BCUT2D eigenvalue weighted by Gasteiger charge is 2.30. The van der Waals surface area contributed by atoms with Gasteiger partial charge in [0.05, 0.1) is 28.6 Å². The first-order valence-electron chi connectivity index (χ1n) is 11.7. The van der Waals surface area contributed by atoms with Crippen molar-refractivity contribution in [2.45, 2.75) is 63.4 Å². The maximum Gasteiger partial charge on any atom is 0.389 e. The molecule has 1 aliphatic rings. The Morgan fingerprint density at radius 2 is 1.94 bits per heavy atom. The van der Waals surface area contributed by atoms with Gasteiger partial charge in [-0.15, -0.1) is 0 Å². The molecule has 0 aromatic carbocycles. The van der Waals surface area contributed by atoms with Crippen molar-refractivity contribution in [3.8, 4) is 17.0 Å². The Kier molecular flexibility index (Phi) is 8.92. The van der Waals surface area contributed by atoms with Crippen LogP contribution in [0.1, 0.15) is 55.2 Å². The van der Waals surface area contributed by atoms with Crippen molar-refractivity contribution in [3.63, 3.8) is 0 Å². The van der Waals surface area contributed by atoms with Crippen molar-refractivity contribution >= 4 is 27.3 Å². The summed E-state index contributed by atoms with van der Waals surface area (Å²) in [6, 6.07) is 1.43. The van der Waals surface area contributed by atoms with Crippen LogP contribution in [-0.2, 0) is 22.8 Å². The number of hydrogen-bond donors (Lipinski definition) is 1. The van der Waals surface area contributed by atoms with Crippen molar-refractivity contribution < 1.29 is 31.1 Å². The molecule has 1 N–H and O–H groups in total. The quantitative estimate of drug-likeness (QED) is 0.494. The summed E-state index contributed by atoms with van der Waals surface area (Å²) < 4.78 is 68.2. The molecule has 1 amide bonds. The van der Waals surface area contributed by atoms with E-state index in [9.17, 15) is 26.4 Å². The molecule has 200 valence electrons. The number of carbonyl (C=O) groups excluding carboxylic acids is 1. The van der Waals surface area contributed by atoms with Crippen LogP contribution in [0, 0.1) is 5.92 Å². The van der Waals surface area contributed by atoms with E-state index in [0.717, 1.165) is 0 Å². The lowest BCUT2D eigenvalue weighted by Gasteiger charge is -2.27. The zero-order chi connectivity index (χ0) is 26.7. The molecule has 36 heavy (non-hydrogen) atoms. The molecule has 0 spiro atoms. The highest BCUT2D eigenvalue weighted by atomic mass is 35.5. The summed E-state index contributed by atoms with van der Waals surface area (Å²) >= 11 is 6.58. The molecule has 0 radical (unpaired) electrons. The second-order valence-electron chi connectivity index (χ2n) is 9.00. The predicted molar refractivity (Wildman–Crippen MR) is 130 cm³/mol. The van der Waals surface area contributed by atoms with E-state index in [0.29, 0.717) is 50.0 Å². The number of nitrogens with one attached hydrogen (secondary N) is 1. The largest absolute Gasteiger partial charge is 0.496 e. The topological polar surface area (TPSA) is 103 Å². The molecule has 3 rings (SSSR count). The first kappa shape index (κ1) is 28.2. The zero-order valence-electron chi connectivity index (χ0n) is 20.4. The number of aromatic nitrogens is 3. The first-order valence-corrected chi connectivity index (χ1v) is 14.0. The van der Waals surface area contributed by atoms with Crippen molar-refractivity contribution in [3.05, 3.63) is 28.7 Å². The zero-order valence-corrected chi connectivity index (χ0v) is 21.9. The van der Waals surface area contributed by atoms with Gasteiger partial charge in [-0.1, -0.05) is 11.6 Å². The molecule has 0 unspecified atom stereocenters. The molecule has 8 nitrogen and oxygen atoms in total. The minimum Gasteiger partial charge on any atom is -0.496 e. The molecular formula is C23H30ClF3N4O4S. The van der Waals surface area contributed by atoms with E-state index in [-0.39, 0.29) is 39.7 Å². The average Bonchev–Trinajstić information content (AvgIpc) is 3.16. The summed E-state index contributed by atoms with van der Waals surface area (Å²) in [5.74, 6) is -0.0346. The number of amides is 1. The van der Waals surface area contributed by atoms with Gasteiger partial charge in [-0.3, -0.25) is 14.5 Å². The fraction of sp³-hybridized carbons (Fsp3) is 0.609. The van der Waals surface area contributed by atoms with Crippen molar-refractivity contribution in [1.29, 1.82) is 0 Å². The Morgan fingerprint density at radius 3 is 2.50 bits per heavy atom. The molecular weight excluding hydrogens is 521 g/mol. The third kappa shape index (κ3) is 6.90. The Hall–Kier alpha value is -2.34. The highest BCUT2D eigenvalue weighted by Crippen LogP contribution is 2.37. The first-order chi connectivity index (χ1) is 16.8. The van der Waals surface area contributed by atoms with E-state index in [1.165, 1.54) is 30.3 Å². The Balaban J connectivity index is 1.76. The van der Waals surface area contributed by atoms with Crippen LogP contribution in [0.25, 0.3) is 11.3 Å². The van der Waals surface area contributed by atoms with E-state index >= 15 is 0 Å². The van der Waals surface area contributed by atoms with E-state index < -0.39 is 28.3 Å². The number of alkyl halides is 3. The summed E-state index contributed by atoms with van der Waals surface area (Å²) in [7, 11) is -1.67. The summed E-state index contributed by atoms with van der Waals surface area (Å²) in [4.78, 5) is 17.0. The number of carbonyl (C=O) groups is 1. The highest BCUT2D eigenvalue weighted by molar-refractivity contribution is 7.91. The number of aryl methyl sites for hydroxylation is 2. The van der Waals surface area contributed by atoms with Crippen LogP contribution in [0.3, 0.4) is 0 Å². The predicted octanol–water partition coefficient (Wildman–Crippen LogP) is 4.46. The fourth-order valence-corrected chi connectivity index (χ4v) is 5.84. The lowest BCUT2D eigenvalue weighted by Crippen LogP contribution is -2.34. The summed E-state index contributed by atoms with van der Waals surface area (Å²) in [6.07, 6.45) is -0.426. The Labute approximate surface area is 213 Å². The van der Waals surface area contributed by atoms with Crippen LogP contribution in [0.2, 0.25) is 5.02 Å². The van der Waals surface area contributed by atoms with Gasteiger partial charge in [0.1, 0.15) is 15.6 Å². The van der Waals surface area contributed by atoms with E-state index in [1.54, 1.807) is 0 Å². The number of rotatable bonds is 9. The van der Waals surface area contributed by atoms with Crippen LogP contribution in [0.4, 0.5) is 13.2 Å².